The molecule has 7 nitrogen and oxygen atoms in total. The van der Waals surface area contributed by atoms with Crippen LogP contribution in [0.4, 0.5) is 5.13 Å². The summed E-state index contributed by atoms with van der Waals surface area (Å²) in [6.07, 6.45) is 1.99. The molecule has 1 aliphatic heterocycles. The zero-order chi connectivity index (χ0) is 17.7. The van der Waals surface area contributed by atoms with E-state index in [1.165, 1.54) is 11.3 Å². The number of nitrogens with one attached hydrogen (secondary N) is 1. The van der Waals surface area contributed by atoms with Gasteiger partial charge in [0.2, 0.25) is 11.8 Å². The molecule has 0 bridgehead atoms. The Kier molecular flexibility index (Phi) is 6.30. The number of thiazole rings is 1. The highest BCUT2D eigenvalue weighted by Crippen LogP contribution is 2.25. The van der Waals surface area contributed by atoms with Crippen molar-refractivity contribution in [2.24, 2.45) is 11.8 Å². The Labute approximate surface area is 145 Å². The molecule has 1 aromatic rings. The van der Waals surface area contributed by atoms with Crippen molar-refractivity contribution in [1.29, 1.82) is 0 Å². The van der Waals surface area contributed by atoms with E-state index in [4.69, 9.17) is 0 Å². The largest absolute Gasteiger partial charge is 0.481 e. The van der Waals surface area contributed by atoms with E-state index in [9.17, 15) is 19.5 Å². The summed E-state index contributed by atoms with van der Waals surface area (Å²) in [7, 11) is 0. The summed E-state index contributed by atoms with van der Waals surface area (Å²) in [6, 6.07) is 0. The Hall–Kier alpha value is -1.96. The van der Waals surface area contributed by atoms with Gasteiger partial charge in [-0.05, 0) is 18.8 Å². The van der Waals surface area contributed by atoms with Crippen molar-refractivity contribution in [2.75, 3.05) is 18.0 Å². The number of hydrogen-bond acceptors (Lipinski definition) is 5. The normalized spacial score (nSPS) is 15.8. The molecule has 0 aliphatic carbocycles. The van der Waals surface area contributed by atoms with E-state index in [0.717, 1.165) is 6.42 Å². The standard InChI is InChI=1S/C16H23N3O4S/c1-10(2)6-11(15(22)23)8-17-13(20)7-12-9-24-16(18-12)19-5-3-4-14(19)21/h9-11H,3-8H2,1-2H3,(H,17,20)(H,22,23). The molecule has 132 valence electrons. The molecule has 1 aliphatic rings. The van der Waals surface area contributed by atoms with Gasteiger partial charge in [-0.25, -0.2) is 4.98 Å². The molecule has 1 atom stereocenters. The van der Waals surface area contributed by atoms with Crippen molar-refractivity contribution in [1.82, 2.24) is 10.3 Å². The molecule has 1 unspecified atom stereocenters. The first kappa shape index (κ1) is 18.4. The monoisotopic (exact) mass is 353 g/mol. The van der Waals surface area contributed by atoms with Crippen LogP contribution in [0.2, 0.25) is 0 Å². The molecule has 8 heteroatoms. The van der Waals surface area contributed by atoms with Gasteiger partial charge in [-0.15, -0.1) is 11.3 Å². The number of aliphatic carboxylic acids is 1. The van der Waals surface area contributed by atoms with E-state index in [0.29, 0.717) is 30.2 Å². The first-order chi connectivity index (χ1) is 11.4. The first-order valence-corrected chi connectivity index (χ1v) is 8.99. The Morgan fingerprint density at radius 1 is 1.46 bits per heavy atom. The number of amides is 2. The average molecular weight is 353 g/mol. The van der Waals surface area contributed by atoms with E-state index < -0.39 is 11.9 Å². The summed E-state index contributed by atoms with van der Waals surface area (Å²) in [5, 5.41) is 14.2. The first-order valence-electron chi connectivity index (χ1n) is 8.11. The number of carbonyl (C=O) groups excluding carboxylic acids is 2. The predicted octanol–water partition coefficient (Wildman–Crippen LogP) is 1.68. The molecule has 2 rings (SSSR count). The Morgan fingerprint density at radius 3 is 2.79 bits per heavy atom. The van der Waals surface area contributed by atoms with Crippen LogP contribution in [0.25, 0.3) is 0 Å². The van der Waals surface area contributed by atoms with Crippen LogP contribution >= 0.6 is 11.3 Å². The second-order valence-corrected chi connectivity index (χ2v) is 7.25. The van der Waals surface area contributed by atoms with Gasteiger partial charge < -0.3 is 10.4 Å². The van der Waals surface area contributed by atoms with Crippen LogP contribution in [0.1, 0.15) is 38.8 Å². The van der Waals surface area contributed by atoms with Gasteiger partial charge in [0.25, 0.3) is 0 Å². The number of rotatable bonds is 8. The van der Waals surface area contributed by atoms with Crippen molar-refractivity contribution in [3.8, 4) is 0 Å². The fourth-order valence-corrected chi connectivity index (χ4v) is 3.52. The lowest BCUT2D eigenvalue weighted by Gasteiger charge is -2.15. The van der Waals surface area contributed by atoms with Crippen LogP contribution in [0.5, 0.6) is 0 Å². The maximum Gasteiger partial charge on any atom is 0.308 e. The van der Waals surface area contributed by atoms with Gasteiger partial charge in [-0.1, -0.05) is 13.8 Å². The van der Waals surface area contributed by atoms with Crippen molar-refractivity contribution in [3.05, 3.63) is 11.1 Å². The number of hydrogen-bond donors (Lipinski definition) is 2. The Morgan fingerprint density at radius 2 is 2.21 bits per heavy atom. The predicted molar refractivity (Wildman–Crippen MR) is 91.0 cm³/mol. The fraction of sp³-hybridized carbons (Fsp3) is 0.625. The third kappa shape index (κ3) is 5.02. The van der Waals surface area contributed by atoms with Gasteiger partial charge in [-0.2, -0.15) is 0 Å². The van der Waals surface area contributed by atoms with Crippen molar-refractivity contribution >= 4 is 34.3 Å². The summed E-state index contributed by atoms with van der Waals surface area (Å²) < 4.78 is 0. The van der Waals surface area contributed by atoms with Gasteiger partial charge in [0.1, 0.15) is 0 Å². The zero-order valence-corrected chi connectivity index (χ0v) is 14.8. The lowest BCUT2D eigenvalue weighted by Crippen LogP contribution is -2.34. The van der Waals surface area contributed by atoms with E-state index in [1.807, 2.05) is 13.8 Å². The highest BCUT2D eigenvalue weighted by molar-refractivity contribution is 7.14. The molecule has 1 saturated heterocycles. The molecular weight excluding hydrogens is 330 g/mol. The smallest absolute Gasteiger partial charge is 0.308 e. The summed E-state index contributed by atoms with van der Waals surface area (Å²) in [4.78, 5) is 40.9. The van der Waals surface area contributed by atoms with Crippen LogP contribution in [0.15, 0.2) is 5.38 Å². The number of nitrogens with zero attached hydrogens (tertiary/aromatic N) is 2. The molecule has 0 aromatic carbocycles. The topological polar surface area (TPSA) is 99.6 Å². The number of carbonyl (C=O) groups is 3. The number of anilines is 1. The minimum absolute atomic E-state index is 0.0679. The molecule has 2 amide bonds. The lowest BCUT2D eigenvalue weighted by molar-refractivity contribution is -0.142. The van der Waals surface area contributed by atoms with Crippen LogP contribution in [0.3, 0.4) is 0 Å². The average Bonchev–Trinajstić information content (AvgIpc) is 3.11. The van der Waals surface area contributed by atoms with Gasteiger partial charge in [0.15, 0.2) is 5.13 Å². The zero-order valence-electron chi connectivity index (χ0n) is 13.9. The number of aromatic nitrogens is 1. The van der Waals surface area contributed by atoms with Crippen molar-refractivity contribution in [3.63, 3.8) is 0 Å². The Bertz CT molecular complexity index is 614. The maximum absolute atomic E-state index is 12.0. The fourth-order valence-electron chi connectivity index (χ4n) is 2.66. The molecule has 0 radical (unpaired) electrons. The summed E-state index contributed by atoms with van der Waals surface area (Å²) in [6.45, 7) is 4.70. The van der Waals surface area contributed by atoms with Crippen LogP contribution in [-0.4, -0.2) is 41.0 Å². The van der Waals surface area contributed by atoms with Gasteiger partial charge >= 0.3 is 5.97 Å². The second-order valence-electron chi connectivity index (χ2n) is 6.42. The molecule has 1 aromatic heterocycles. The summed E-state index contributed by atoms with van der Waals surface area (Å²) in [5.41, 5.74) is 0.600. The lowest BCUT2D eigenvalue weighted by atomic mass is 9.97. The van der Waals surface area contributed by atoms with Gasteiger partial charge in [0, 0.05) is 24.9 Å². The minimum atomic E-state index is -0.896. The highest BCUT2D eigenvalue weighted by Gasteiger charge is 2.24. The van der Waals surface area contributed by atoms with E-state index in [1.54, 1.807) is 10.3 Å². The highest BCUT2D eigenvalue weighted by atomic mass is 32.1. The molecule has 2 N–H and O–H groups in total. The molecule has 0 saturated carbocycles. The van der Waals surface area contributed by atoms with Crippen LogP contribution < -0.4 is 10.2 Å². The third-order valence-corrected chi connectivity index (χ3v) is 4.75. The number of carboxylic acids is 1. The molecular formula is C16H23N3O4S. The van der Waals surface area contributed by atoms with Gasteiger partial charge in [-0.3, -0.25) is 19.3 Å². The molecule has 1 fully saturated rings. The third-order valence-electron chi connectivity index (χ3n) is 3.84. The Balaban J connectivity index is 1.85. The molecule has 0 spiro atoms. The van der Waals surface area contributed by atoms with E-state index in [-0.39, 0.29) is 30.7 Å². The summed E-state index contributed by atoms with van der Waals surface area (Å²) in [5.74, 6) is -1.41. The second kappa shape index (κ2) is 8.23. The van der Waals surface area contributed by atoms with Crippen molar-refractivity contribution < 1.29 is 19.5 Å². The van der Waals surface area contributed by atoms with Crippen LogP contribution in [0, 0.1) is 11.8 Å². The van der Waals surface area contributed by atoms with Crippen molar-refractivity contribution in [2.45, 2.75) is 39.5 Å². The molecule has 24 heavy (non-hydrogen) atoms. The number of carboxylic acid groups (broad SMARTS) is 1. The van der Waals surface area contributed by atoms with Gasteiger partial charge in [0.05, 0.1) is 18.0 Å². The SMILES string of the molecule is CC(C)CC(CNC(=O)Cc1csc(N2CCCC2=O)n1)C(=O)O. The van der Waals surface area contributed by atoms with Crippen LogP contribution in [-0.2, 0) is 20.8 Å². The minimum Gasteiger partial charge on any atom is -0.481 e. The summed E-state index contributed by atoms with van der Waals surface area (Å²) >= 11 is 1.35. The van der Waals surface area contributed by atoms with E-state index >= 15 is 0 Å². The molecule has 2 heterocycles. The quantitative estimate of drug-likeness (QED) is 0.741. The van der Waals surface area contributed by atoms with E-state index in [2.05, 4.69) is 10.3 Å². The maximum atomic E-state index is 12.0.